The summed E-state index contributed by atoms with van der Waals surface area (Å²) in [7, 11) is 0. The molecule has 0 unspecified atom stereocenters. The maximum absolute atomic E-state index is 11.1. The van der Waals surface area contributed by atoms with Gasteiger partial charge in [-0.25, -0.2) is 0 Å². The van der Waals surface area contributed by atoms with E-state index in [1.54, 1.807) is 0 Å². The molecule has 0 saturated carbocycles. The number of carbonyl (C=O) groups is 4. The molecule has 8 nitrogen and oxygen atoms in total. The van der Waals surface area contributed by atoms with Crippen LogP contribution in [0.15, 0.2) is 24.3 Å². The first-order chi connectivity index (χ1) is 10.2. The number of hydrogen-bond acceptors (Lipinski definition) is 8. The first kappa shape index (κ1) is 23.1. The van der Waals surface area contributed by atoms with E-state index in [9.17, 15) is 39.6 Å². The summed E-state index contributed by atoms with van der Waals surface area (Å²) >= 11 is 0. The third-order valence-electron chi connectivity index (χ3n) is 2.99. The molecule has 0 spiro atoms. The number of benzene rings is 2. The molecule has 2 aromatic rings. The minimum Gasteiger partial charge on any atom is -0.545 e. The Morgan fingerprint density at radius 2 is 1.04 bits per heavy atom. The molecule has 0 amide bonds. The monoisotopic (exact) mass is 380 g/mol. The minimum absolute atomic E-state index is 0. The van der Waals surface area contributed by atoms with Crippen molar-refractivity contribution in [3.05, 3.63) is 46.5 Å². The van der Waals surface area contributed by atoms with Crippen molar-refractivity contribution in [1.29, 1.82) is 0 Å². The zero-order valence-electron chi connectivity index (χ0n) is 12.0. The third-order valence-corrected chi connectivity index (χ3v) is 2.99. The van der Waals surface area contributed by atoms with Crippen molar-refractivity contribution in [2.75, 3.05) is 0 Å². The predicted octanol–water partition coefficient (Wildman–Crippen LogP) is -4.47. The first-order valence-electron chi connectivity index (χ1n) is 5.69. The van der Waals surface area contributed by atoms with Crippen LogP contribution in [0.1, 0.15) is 41.4 Å². The molecule has 0 fully saturated rings. The Morgan fingerprint density at radius 1 is 0.583 bits per heavy atom. The van der Waals surface area contributed by atoms with Gasteiger partial charge in [0.1, 0.15) is 0 Å². The van der Waals surface area contributed by atoms with E-state index in [0.29, 0.717) is 0 Å². The molecule has 0 heterocycles. The summed E-state index contributed by atoms with van der Waals surface area (Å²) in [5.74, 6) is -7.15. The number of hydrogen-bond donors (Lipinski definition) is 0. The van der Waals surface area contributed by atoms with Crippen LogP contribution in [0.4, 0.5) is 0 Å². The second-order valence-corrected chi connectivity index (χ2v) is 4.29. The molecule has 0 N–H and O–H groups in total. The molecular weight excluding hydrogens is 376 g/mol. The molecular formula is C14H4Ca2O8. The third kappa shape index (κ3) is 4.59. The van der Waals surface area contributed by atoms with E-state index in [4.69, 9.17) is 0 Å². The van der Waals surface area contributed by atoms with Gasteiger partial charge < -0.3 is 39.6 Å². The molecule has 0 atom stereocenters. The van der Waals surface area contributed by atoms with Gasteiger partial charge in [0.15, 0.2) is 0 Å². The molecule has 24 heavy (non-hydrogen) atoms. The zero-order chi connectivity index (χ0) is 16.6. The smallest absolute Gasteiger partial charge is 0.545 e. The fraction of sp³-hybridized carbons (Fsp3) is 0. The molecule has 0 aromatic heterocycles. The normalized spacial score (nSPS) is 9.50. The van der Waals surface area contributed by atoms with E-state index in [1.165, 1.54) is 0 Å². The quantitative estimate of drug-likeness (QED) is 0.480. The Kier molecular flexibility index (Phi) is 8.64. The second kappa shape index (κ2) is 8.98. The van der Waals surface area contributed by atoms with Crippen LogP contribution in [-0.4, -0.2) is 99.4 Å². The van der Waals surface area contributed by atoms with Gasteiger partial charge in [0.2, 0.25) is 0 Å². The summed E-state index contributed by atoms with van der Waals surface area (Å²) in [6, 6.07) is 3.21. The molecule has 2 rings (SSSR count). The molecule has 0 aliphatic rings. The standard InChI is InChI=1S/C14H8O8.2Ca/c15-11(16)6-1-5-2-9(13(19)20)10(14(21)22)4-7(5)8(3-6)12(17)18;;/h1-4H,(H,15,16)(H,17,18)(H,19,20)(H,21,22);;/q;2*+2/p-4. The van der Waals surface area contributed by atoms with Crippen LogP contribution in [0.3, 0.4) is 0 Å². The molecule has 2 aromatic carbocycles. The average molecular weight is 380 g/mol. The van der Waals surface area contributed by atoms with Gasteiger partial charge in [0.25, 0.3) is 0 Å². The Balaban J connectivity index is 0.00000264. The summed E-state index contributed by atoms with van der Waals surface area (Å²) in [4.78, 5) is 43.8. The van der Waals surface area contributed by atoms with Crippen LogP contribution in [-0.2, 0) is 0 Å². The number of rotatable bonds is 4. The fourth-order valence-corrected chi connectivity index (χ4v) is 2.04. The van der Waals surface area contributed by atoms with Crippen molar-refractivity contribution in [3.63, 3.8) is 0 Å². The molecule has 0 aliphatic heterocycles. The average Bonchev–Trinajstić information content (AvgIpc) is 2.43. The number of fused-ring (bicyclic) bond motifs is 1. The van der Waals surface area contributed by atoms with Crippen LogP contribution in [0.2, 0.25) is 0 Å². The van der Waals surface area contributed by atoms with Gasteiger partial charge in [-0.3, -0.25) is 0 Å². The van der Waals surface area contributed by atoms with Gasteiger partial charge in [-0.05, 0) is 40.6 Å². The number of carboxylic acids is 4. The summed E-state index contributed by atoms with van der Waals surface area (Å²) < 4.78 is 0. The van der Waals surface area contributed by atoms with E-state index in [1.807, 2.05) is 0 Å². The summed E-state index contributed by atoms with van der Waals surface area (Å²) in [6.45, 7) is 0. The maximum atomic E-state index is 11.1. The van der Waals surface area contributed by atoms with E-state index >= 15 is 0 Å². The Bertz CT molecular complexity index is 859. The van der Waals surface area contributed by atoms with Crippen LogP contribution in [0.25, 0.3) is 10.8 Å². The minimum atomic E-state index is -1.85. The molecule has 0 aliphatic carbocycles. The Hall–Kier alpha value is -0.901. The van der Waals surface area contributed by atoms with Crippen LogP contribution in [0.5, 0.6) is 0 Å². The van der Waals surface area contributed by atoms with Crippen molar-refractivity contribution in [2.45, 2.75) is 0 Å². The molecule has 0 saturated heterocycles. The van der Waals surface area contributed by atoms with Gasteiger partial charge in [-0.15, -0.1) is 0 Å². The van der Waals surface area contributed by atoms with E-state index in [2.05, 4.69) is 0 Å². The van der Waals surface area contributed by atoms with Crippen molar-refractivity contribution >= 4 is 110 Å². The fourth-order valence-electron chi connectivity index (χ4n) is 2.04. The Morgan fingerprint density at radius 3 is 1.46 bits per heavy atom. The summed E-state index contributed by atoms with van der Waals surface area (Å²) in [5, 5.41) is 43.5. The predicted molar refractivity (Wildman–Crippen MR) is 72.8 cm³/mol. The van der Waals surface area contributed by atoms with Crippen LogP contribution < -0.4 is 20.4 Å². The molecule has 112 valence electrons. The van der Waals surface area contributed by atoms with Crippen molar-refractivity contribution in [2.24, 2.45) is 0 Å². The van der Waals surface area contributed by atoms with Gasteiger partial charge in [-0.2, -0.15) is 0 Å². The van der Waals surface area contributed by atoms with Crippen LogP contribution >= 0.6 is 0 Å². The zero-order valence-corrected chi connectivity index (χ0v) is 16.4. The number of aromatic carboxylic acids is 4. The van der Waals surface area contributed by atoms with Gasteiger partial charge in [0, 0.05) is 16.7 Å². The number of carboxylic acid groups (broad SMARTS) is 4. The van der Waals surface area contributed by atoms with Crippen molar-refractivity contribution in [3.8, 4) is 0 Å². The summed E-state index contributed by atoms with van der Waals surface area (Å²) in [5.41, 5.74) is -2.72. The Labute approximate surface area is 194 Å². The maximum Gasteiger partial charge on any atom is 2.00 e. The second-order valence-electron chi connectivity index (χ2n) is 4.29. The molecule has 0 radical (unpaired) electrons. The van der Waals surface area contributed by atoms with E-state index in [0.717, 1.165) is 24.3 Å². The first-order valence-corrected chi connectivity index (χ1v) is 5.69. The van der Waals surface area contributed by atoms with Crippen molar-refractivity contribution in [1.82, 2.24) is 0 Å². The van der Waals surface area contributed by atoms with Crippen molar-refractivity contribution < 1.29 is 39.6 Å². The van der Waals surface area contributed by atoms with Gasteiger partial charge >= 0.3 is 75.5 Å². The molecule has 0 bridgehead atoms. The topological polar surface area (TPSA) is 161 Å². The summed E-state index contributed by atoms with van der Waals surface area (Å²) in [6.07, 6.45) is 0. The van der Waals surface area contributed by atoms with Crippen LogP contribution in [0, 0.1) is 0 Å². The van der Waals surface area contributed by atoms with E-state index < -0.39 is 46.1 Å². The van der Waals surface area contributed by atoms with E-state index in [-0.39, 0.29) is 86.2 Å². The molecule has 10 heteroatoms. The SMILES string of the molecule is O=C([O-])c1cc(C(=O)[O-])c2cc(C(=O)[O-])c(C(=O)[O-])cc2c1.[Ca+2].[Ca+2]. The van der Waals surface area contributed by atoms with Gasteiger partial charge in [-0.1, -0.05) is 0 Å². The largest absolute Gasteiger partial charge is 2.00 e. The van der Waals surface area contributed by atoms with Gasteiger partial charge in [0.05, 0.1) is 23.9 Å². The number of carbonyl (C=O) groups excluding carboxylic acids is 4.